The average molecular weight is 293 g/mol. The molecule has 0 aliphatic carbocycles. The molecule has 1 aromatic heterocycles. The van der Waals surface area contributed by atoms with Gasteiger partial charge in [0.1, 0.15) is 11.5 Å². The third kappa shape index (κ3) is 2.47. The SMILES string of the molecule is Cc1ccc(C)c(C(Br)c2cc(C)oc2C)c1. The average Bonchev–Trinajstić information content (AvgIpc) is 2.60. The minimum Gasteiger partial charge on any atom is -0.466 e. The largest absolute Gasteiger partial charge is 0.466 e. The molecule has 0 N–H and O–H groups in total. The Balaban J connectivity index is 2.46. The molecule has 2 heteroatoms. The van der Waals surface area contributed by atoms with Crippen molar-refractivity contribution >= 4 is 15.9 Å². The zero-order valence-corrected chi connectivity index (χ0v) is 12.3. The highest BCUT2D eigenvalue weighted by Gasteiger charge is 2.17. The van der Waals surface area contributed by atoms with E-state index in [1.807, 2.05) is 13.8 Å². The van der Waals surface area contributed by atoms with Crippen LogP contribution in [-0.4, -0.2) is 0 Å². The number of halogens is 1. The van der Waals surface area contributed by atoms with Crippen LogP contribution in [-0.2, 0) is 0 Å². The number of hydrogen-bond donors (Lipinski definition) is 0. The second-order valence-electron chi connectivity index (χ2n) is 4.59. The lowest BCUT2D eigenvalue weighted by atomic mass is 9.99. The van der Waals surface area contributed by atoms with Gasteiger partial charge in [-0.3, -0.25) is 0 Å². The summed E-state index contributed by atoms with van der Waals surface area (Å²) in [5.41, 5.74) is 5.12. The van der Waals surface area contributed by atoms with Crippen molar-refractivity contribution in [2.75, 3.05) is 0 Å². The van der Waals surface area contributed by atoms with Gasteiger partial charge in [-0.15, -0.1) is 0 Å². The van der Waals surface area contributed by atoms with Crippen LogP contribution in [0.3, 0.4) is 0 Å². The van der Waals surface area contributed by atoms with Crippen molar-refractivity contribution < 1.29 is 4.42 Å². The molecule has 0 spiro atoms. The van der Waals surface area contributed by atoms with E-state index in [2.05, 4.69) is 54.0 Å². The van der Waals surface area contributed by atoms with E-state index in [1.54, 1.807) is 0 Å². The smallest absolute Gasteiger partial charge is 0.105 e. The fourth-order valence-electron chi connectivity index (χ4n) is 2.10. The first-order valence-electron chi connectivity index (χ1n) is 5.77. The first-order chi connectivity index (χ1) is 7.99. The van der Waals surface area contributed by atoms with Crippen molar-refractivity contribution in [1.29, 1.82) is 0 Å². The van der Waals surface area contributed by atoms with Gasteiger partial charge in [0.2, 0.25) is 0 Å². The highest BCUT2D eigenvalue weighted by molar-refractivity contribution is 9.09. The monoisotopic (exact) mass is 292 g/mol. The van der Waals surface area contributed by atoms with E-state index in [1.165, 1.54) is 22.3 Å². The predicted octanol–water partition coefficient (Wildman–Crippen LogP) is 5.00. The van der Waals surface area contributed by atoms with Crippen molar-refractivity contribution in [1.82, 2.24) is 0 Å². The number of aryl methyl sites for hydroxylation is 4. The fourth-order valence-corrected chi connectivity index (χ4v) is 3.05. The lowest BCUT2D eigenvalue weighted by Crippen LogP contribution is -1.96. The lowest BCUT2D eigenvalue weighted by Gasteiger charge is -2.13. The Kier molecular flexibility index (Phi) is 3.43. The molecule has 1 heterocycles. The minimum absolute atomic E-state index is 0.208. The maximum atomic E-state index is 5.60. The predicted molar refractivity (Wildman–Crippen MR) is 74.9 cm³/mol. The molecule has 17 heavy (non-hydrogen) atoms. The zero-order chi connectivity index (χ0) is 12.6. The van der Waals surface area contributed by atoms with Gasteiger partial charge in [0, 0.05) is 5.56 Å². The van der Waals surface area contributed by atoms with Crippen LogP contribution >= 0.6 is 15.9 Å². The molecule has 0 amide bonds. The highest BCUT2D eigenvalue weighted by atomic mass is 79.9. The Labute approximate surface area is 111 Å². The summed E-state index contributed by atoms with van der Waals surface area (Å²) in [6.07, 6.45) is 0. The minimum atomic E-state index is 0.208. The zero-order valence-electron chi connectivity index (χ0n) is 10.7. The summed E-state index contributed by atoms with van der Waals surface area (Å²) in [6.45, 7) is 8.27. The van der Waals surface area contributed by atoms with E-state index < -0.39 is 0 Å². The maximum Gasteiger partial charge on any atom is 0.105 e. The Hall–Kier alpha value is -1.02. The maximum absolute atomic E-state index is 5.60. The molecule has 1 atom stereocenters. The highest BCUT2D eigenvalue weighted by Crippen LogP contribution is 2.36. The molecule has 2 rings (SSSR count). The van der Waals surface area contributed by atoms with E-state index >= 15 is 0 Å². The first kappa shape index (κ1) is 12.4. The van der Waals surface area contributed by atoms with Crippen LogP contribution < -0.4 is 0 Å². The molecule has 1 nitrogen and oxygen atoms in total. The van der Waals surface area contributed by atoms with Crippen molar-refractivity contribution in [3.63, 3.8) is 0 Å². The van der Waals surface area contributed by atoms with Crippen molar-refractivity contribution in [2.45, 2.75) is 32.5 Å². The Morgan fingerprint density at radius 1 is 1.00 bits per heavy atom. The lowest BCUT2D eigenvalue weighted by molar-refractivity contribution is 0.502. The number of benzene rings is 1. The van der Waals surface area contributed by atoms with E-state index in [0.29, 0.717) is 0 Å². The van der Waals surface area contributed by atoms with E-state index in [4.69, 9.17) is 4.42 Å². The van der Waals surface area contributed by atoms with Crippen LogP contribution in [0, 0.1) is 27.7 Å². The van der Waals surface area contributed by atoms with Gasteiger partial charge in [-0.2, -0.15) is 0 Å². The second kappa shape index (κ2) is 4.69. The normalized spacial score (nSPS) is 12.8. The van der Waals surface area contributed by atoms with Crippen molar-refractivity contribution in [3.05, 3.63) is 58.0 Å². The molecule has 0 aliphatic rings. The molecule has 0 radical (unpaired) electrons. The number of rotatable bonds is 2. The van der Waals surface area contributed by atoms with Gasteiger partial charge >= 0.3 is 0 Å². The number of furan rings is 1. The van der Waals surface area contributed by atoms with Gasteiger partial charge in [0.25, 0.3) is 0 Å². The van der Waals surface area contributed by atoms with Crippen LogP contribution in [0.25, 0.3) is 0 Å². The molecule has 0 fully saturated rings. The van der Waals surface area contributed by atoms with E-state index in [0.717, 1.165) is 11.5 Å². The summed E-state index contributed by atoms with van der Waals surface area (Å²) in [7, 11) is 0. The van der Waals surface area contributed by atoms with Crippen LogP contribution in [0.4, 0.5) is 0 Å². The molecular weight excluding hydrogens is 276 g/mol. The van der Waals surface area contributed by atoms with Crippen LogP contribution in [0.2, 0.25) is 0 Å². The molecule has 0 aliphatic heterocycles. The summed E-state index contributed by atoms with van der Waals surface area (Å²) in [5, 5.41) is 0. The van der Waals surface area contributed by atoms with Crippen LogP contribution in [0.1, 0.15) is 38.6 Å². The van der Waals surface area contributed by atoms with Gasteiger partial charge in [0.05, 0.1) is 4.83 Å². The molecule has 1 unspecified atom stereocenters. The van der Waals surface area contributed by atoms with Gasteiger partial charge in [-0.1, -0.05) is 39.7 Å². The quantitative estimate of drug-likeness (QED) is 0.710. The molecule has 0 saturated heterocycles. The van der Waals surface area contributed by atoms with Gasteiger partial charge in [-0.05, 0) is 44.9 Å². The summed E-state index contributed by atoms with van der Waals surface area (Å²) in [6, 6.07) is 8.65. The summed E-state index contributed by atoms with van der Waals surface area (Å²) in [4.78, 5) is 0.208. The summed E-state index contributed by atoms with van der Waals surface area (Å²) in [5.74, 6) is 1.96. The number of hydrogen-bond acceptors (Lipinski definition) is 1. The van der Waals surface area contributed by atoms with Gasteiger partial charge in [-0.25, -0.2) is 0 Å². The third-order valence-electron chi connectivity index (χ3n) is 3.06. The third-order valence-corrected chi connectivity index (χ3v) is 4.05. The number of alkyl halides is 1. The summed E-state index contributed by atoms with van der Waals surface area (Å²) >= 11 is 3.78. The molecule has 90 valence electrons. The van der Waals surface area contributed by atoms with Crippen molar-refractivity contribution in [2.24, 2.45) is 0 Å². The van der Waals surface area contributed by atoms with Crippen molar-refractivity contribution in [3.8, 4) is 0 Å². The summed E-state index contributed by atoms with van der Waals surface area (Å²) < 4.78 is 5.60. The Bertz CT molecular complexity index is 540. The van der Waals surface area contributed by atoms with Crippen LogP contribution in [0.15, 0.2) is 28.7 Å². The molecule has 0 bridgehead atoms. The first-order valence-corrected chi connectivity index (χ1v) is 6.68. The van der Waals surface area contributed by atoms with Gasteiger partial charge < -0.3 is 4.42 Å². The van der Waals surface area contributed by atoms with Gasteiger partial charge in [0.15, 0.2) is 0 Å². The fraction of sp³-hybridized carbons (Fsp3) is 0.333. The molecule has 2 aromatic rings. The molecule has 0 saturated carbocycles. The van der Waals surface area contributed by atoms with Crippen LogP contribution in [0.5, 0.6) is 0 Å². The molecule has 1 aromatic carbocycles. The van der Waals surface area contributed by atoms with E-state index in [-0.39, 0.29) is 4.83 Å². The Morgan fingerprint density at radius 3 is 2.29 bits per heavy atom. The standard InChI is InChI=1S/C15H17BrO/c1-9-5-6-10(2)13(7-9)15(16)14-8-11(3)17-12(14)4/h5-8,15H,1-4H3. The topological polar surface area (TPSA) is 13.1 Å². The second-order valence-corrected chi connectivity index (χ2v) is 5.51. The molecular formula is C15H17BrO. The van der Waals surface area contributed by atoms with E-state index in [9.17, 15) is 0 Å². The Morgan fingerprint density at radius 2 is 1.71 bits per heavy atom.